The molecule has 0 spiro atoms. The predicted octanol–water partition coefficient (Wildman–Crippen LogP) is 5.31. The van der Waals surface area contributed by atoms with E-state index in [4.69, 9.17) is 0 Å². The lowest BCUT2D eigenvalue weighted by Gasteiger charge is -2.29. The summed E-state index contributed by atoms with van der Waals surface area (Å²) in [5.74, 6) is 0.655. The first-order chi connectivity index (χ1) is 9.83. The van der Waals surface area contributed by atoms with Gasteiger partial charge in [0.25, 0.3) is 0 Å². The van der Waals surface area contributed by atoms with Crippen LogP contribution in [0.4, 0.5) is 0 Å². The first-order valence-electron chi connectivity index (χ1n) is 7.07. The molecule has 1 aromatic carbocycles. The van der Waals surface area contributed by atoms with Gasteiger partial charge in [0.05, 0.1) is 0 Å². The van der Waals surface area contributed by atoms with Crippen LogP contribution < -0.4 is 0 Å². The summed E-state index contributed by atoms with van der Waals surface area (Å²) in [5, 5.41) is 12.9. The van der Waals surface area contributed by atoms with E-state index in [-0.39, 0.29) is 0 Å². The summed E-state index contributed by atoms with van der Waals surface area (Å²) in [4.78, 5) is 1.07. The molecule has 1 atom stereocenters. The van der Waals surface area contributed by atoms with Crippen molar-refractivity contribution in [3.8, 4) is 0 Å². The Kier molecular flexibility index (Phi) is 3.14. The highest BCUT2D eigenvalue weighted by molar-refractivity contribution is 7.26. The van der Waals surface area contributed by atoms with Gasteiger partial charge in [-0.3, -0.25) is 0 Å². The number of hydrogen-bond donors (Lipinski definition) is 1. The molecule has 4 rings (SSSR count). The van der Waals surface area contributed by atoms with Gasteiger partial charge in [0, 0.05) is 14.3 Å². The lowest BCUT2D eigenvalue weighted by Crippen LogP contribution is -2.13. The highest BCUT2D eigenvalue weighted by Crippen LogP contribution is 2.42. The fraction of sp³-hybridized carbons (Fsp3) is 0.294. The molecule has 3 aromatic rings. The van der Waals surface area contributed by atoms with Gasteiger partial charge >= 0.3 is 0 Å². The zero-order chi connectivity index (χ0) is 13.5. The number of rotatable bonds is 3. The van der Waals surface area contributed by atoms with Crippen molar-refractivity contribution in [1.29, 1.82) is 0 Å². The van der Waals surface area contributed by atoms with E-state index >= 15 is 0 Å². The molecular formula is C17H16OS2. The van der Waals surface area contributed by atoms with Crippen molar-refractivity contribution in [2.75, 3.05) is 0 Å². The fourth-order valence-corrected chi connectivity index (χ4v) is 5.05. The quantitative estimate of drug-likeness (QED) is 0.695. The summed E-state index contributed by atoms with van der Waals surface area (Å²) in [5.41, 5.74) is 2.45. The van der Waals surface area contributed by atoms with E-state index < -0.39 is 6.10 Å². The van der Waals surface area contributed by atoms with Crippen molar-refractivity contribution in [2.45, 2.75) is 31.3 Å². The van der Waals surface area contributed by atoms with Gasteiger partial charge in [-0.05, 0) is 47.4 Å². The van der Waals surface area contributed by atoms with Crippen LogP contribution in [-0.2, 0) is 0 Å². The van der Waals surface area contributed by atoms with Gasteiger partial charge in [-0.25, -0.2) is 0 Å². The molecule has 0 radical (unpaired) electrons. The molecule has 1 aliphatic rings. The van der Waals surface area contributed by atoms with Crippen LogP contribution in [0.3, 0.4) is 0 Å². The lowest BCUT2D eigenvalue weighted by atomic mass is 9.77. The first kappa shape index (κ1) is 12.6. The van der Waals surface area contributed by atoms with Crippen LogP contribution >= 0.6 is 22.7 Å². The molecule has 1 N–H and O–H groups in total. The largest absolute Gasteiger partial charge is 0.383 e. The van der Waals surface area contributed by atoms with Crippen molar-refractivity contribution in [3.05, 3.63) is 57.8 Å². The second-order valence-corrected chi connectivity index (χ2v) is 7.52. The molecule has 0 amide bonds. The van der Waals surface area contributed by atoms with E-state index in [0.29, 0.717) is 5.92 Å². The number of benzene rings is 1. The minimum Gasteiger partial charge on any atom is -0.383 e. The monoisotopic (exact) mass is 300 g/mol. The third kappa shape index (κ3) is 2.01. The first-order valence-corrected chi connectivity index (χ1v) is 8.76. The SMILES string of the molecule is OC(c1cc2sccc2s1)c1ccccc1C1CCC1. The zero-order valence-electron chi connectivity index (χ0n) is 11.1. The summed E-state index contributed by atoms with van der Waals surface area (Å²) in [6.07, 6.45) is 3.38. The van der Waals surface area contributed by atoms with Crippen LogP contribution in [0.25, 0.3) is 9.40 Å². The summed E-state index contributed by atoms with van der Waals surface area (Å²) in [6.45, 7) is 0. The molecule has 2 aromatic heterocycles. The summed E-state index contributed by atoms with van der Waals surface area (Å²) < 4.78 is 2.57. The van der Waals surface area contributed by atoms with Crippen LogP contribution in [0.15, 0.2) is 41.8 Å². The maximum Gasteiger partial charge on any atom is 0.114 e. The normalized spacial score (nSPS) is 17.2. The fourth-order valence-electron chi connectivity index (χ4n) is 2.92. The van der Waals surface area contributed by atoms with E-state index in [0.717, 1.165) is 10.4 Å². The van der Waals surface area contributed by atoms with Crippen molar-refractivity contribution >= 4 is 32.1 Å². The Morgan fingerprint density at radius 2 is 1.95 bits per heavy atom. The summed E-state index contributed by atoms with van der Waals surface area (Å²) in [6, 6.07) is 12.7. The second-order valence-electron chi connectivity index (χ2n) is 5.46. The molecule has 1 unspecified atom stereocenters. The third-order valence-electron chi connectivity index (χ3n) is 4.26. The van der Waals surface area contributed by atoms with E-state index in [1.807, 2.05) is 6.07 Å². The minimum absolute atomic E-state index is 0.476. The Morgan fingerprint density at radius 1 is 1.10 bits per heavy atom. The van der Waals surface area contributed by atoms with Gasteiger partial charge in [0.2, 0.25) is 0 Å². The number of fused-ring (bicyclic) bond motifs is 1. The molecule has 3 heteroatoms. The Balaban J connectivity index is 1.74. The topological polar surface area (TPSA) is 20.2 Å². The average molecular weight is 300 g/mol. The van der Waals surface area contributed by atoms with E-state index in [1.54, 1.807) is 22.7 Å². The van der Waals surface area contributed by atoms with Gasteiger partial charge in [-0.2, -0.15) is 0 Å². The predicted molar refractivity (Wildman–Crippen MR) is 86.8 cm³/mol. The van der Waals surface area contributed by atoms with E-state index in [9.17, 15) is 5.11 Å². The van der Waals surface area contributed by atoms with E-state index in [2.05, 4.69) is 35.7 Å². The highest BCUT2D eigenvalue weighted by Gasteiger charge is 2.25. The number of aliphatic hydroxyl groups excluding tert-OH is 1. The molecule has 1 saturated carbocycles. The van der Waals surface area contributed by atoms with Crippen molar-refractivity contribution in [1.82, 2.24) is 0 Å². The lowest BCUT2D eigenvalue weighted by molar-refractivity contribution is 0.221. The van der Waals surface area contributed by atoms with Crippen molar-refractivity contribution < 1.29 is 5.11 Å². The zero-order valence-corrected chi connectivity index (χ0v) is 12.7. The molecule has 0 aliphatic heterocycles. The van der Waals surface area contributed by atoms with Crippen LogP contribution in [0, 0.1) is 0 Å². The summed E-state index contributed by atoms with van der Waals surface area (Å²) in [7, 11) is 0. The van der Waals surface area contributed by atoms with Gasteiger partial charge in [-0.1, -0.05) is 30.7 Å². The second kappa shape index (κ2) is 4.99. The Labute approximate surface area is 126 Å². The van der Waals surface area contributed by atoms with Crippen LogP contribution in [-0.4, -0.2) is 5.11 Å². The van der Waals surface area contributed by atoms with Gasteiger partial charge < -0.3 is 5.11 Å². The smallest absolute Gasteiger partial charge is 0.114 e. The molecule has 102 valence electrons. The van der Waals surface area contributed by atoms with Gasteiger partial charge in [-0.15, -0.1) is 22.7 Å². The van der Waals surface area contributed by atoms with Crippen molar-refractivity contribution in [2.24, 2.45) is 0 Å². The number of thiophene rings is 2. The molecule has 0 saturated heterocycles. The average Bonchev–Trinajstić information content (AvgIpc) is 2.97. The van der Waals surface area contributed by atoms with Gasteiger partial charge in [0.15, 0.2) is 0 Å². The third-order valence-corrected chi connectivity index (χ3v) is 6.41. The van der Waals surface area contributed by atoms with Crippen LogP contribution in [0.5, 0.6) is 0 Å². The Bertz CT molecular complexity index is 708. The maximum absolute atomic E-state index is 10.8. The summed E-state index contributed by atoms with van der Waals surface area (Å²) >= 11 is 3.46. The van der Waals surface area contributed by atoms with Crippen LogP contribution in [0.2, 0.25) is 0 Å². The standard InChI is InChI=1S/C17H16OS2/c18-17(16-10-15-14(20-16)8-9-19-15)13-7-2-1-6-12(13)11-4-3-5-11/h1-2,6-11,17-18H,3-5H2. The molecule has 1 aliphatic carbocycles. The molecule has 1 nitrogen and oxygen atoms in total. The van der Waals surface area contributed by atoms with Gasteiger partial charge in [0.1, 0.15) is 6.10 Å². The number of aliphatic hydroxyl groups is 1. The number of hydrogen-bond acceptors (Lipinski definition) is 3. The Hall–Kier alpha value is -1.16. The molecule has 0 bridgehead atoms. The minimum atomic E-state index is -0.476. The Morgan fingerprint density at radius 3 is 2.70 bits per heavy atom. The molecular weight excluding hydrogens is 284 g/mol. The molecule has 20 heavy (non-hydrogen) atoms. The molecule has 2 heterocycles. The maximum atomic E-state index is 10.8. The van der Waals surface area contributed by atoms with Crippen molar-refractivity contribution in [3.63, 3.8) is 0 Å². The molecule has 1 fully saturated rings. The highest BCUT2D eigenvalue weighted by atomic mass is 32.1. The van der Waals surface area contributed by atoms with E-state index in [1.165, 1.54) is 34.2 Å². The van der Waals surface area contributed by atoms with Crippen LogP contribution in [0.1, 0.15) is 47.3 Å².